The molecule has 0 aliphatic heterocycles. The Morgan fingerprint density at radius 3 is 2.89 bits per heavy atom. The highest BCUT2D eigenvalue weighted by Crippen LogP contribution is 2.36. The Labute approximate surface area is 177 Å². The number of rotatable bonds is 10. The molecule has 7 nitrogen and oxygen atoms in total. The van der Waals surface area contributed by atoms with Crippen LogP contribution in [0.1, 0.15) is 32.0 Å². The molecule has 28 heavy (non-hydrogen) atoms. The Balaban J connectivity index is 2.01. The molecule has 0 unspecified atom stereocenters. The van der Waals surface area contributed by atoms with Crippen LogP contribution in [0, 0.1) is 5.92 Å². The average Bonchev–Trinajstić information content (AvgIpc) is 3.07. The number of esters is 1. The van der Waals surface area contributed by atoms with Crippen LogP contribution in [-0.4, -0.2) is 37.5 Å². The molecule has 2 aromatic rings. The third kappa shape index (κ3) is 6.79. The Bertz CT molecular complexity index is 824. The molecule has 0 amide bonds. The van der Waals surface area contributed by atoms with E-state index in [0.717, 1.165) is 10.0 Å². The maximum atomic E-state index is 11.5. The van der Waals surface area contributed by atoms with Gasteiger partial charge in [0.1, 0.15) is 0 Å². The van der Waals surface area contributed by atoms with Crippen molar-refractivity contribution in [3.63, 3.8) is 0 Å². The third-order valence-electron chi connectivity index (χ3n) is 3.37. The van der Waals surface area contributed by atoms with Crippen molar-refractivity contribution >= 4 is 44.6 Å². The number of methoxy groups -OCH3 is 1. The topological polar surface area (TPSA) is 82.0 Å². The minimum atomic E-state index is -0.292. The van der Waals surface area contributed by atoms with Crippen LogP contribution in [-0.2, 0) is 16.0 Å². The van der Waals surface area contributed by atoms with Crippen LogP contribution in [0.2, 0.25) is 0 Å². The van der Waals surface area contributed by atoms with E-state index in [0.29, 0.717) is 41.5 Å². The smallest absolute Gasteiger partial charge is 0.311 e. The van der Waals surface area contributed by atoms with Crippen molar-refractivity contribution in [1.29, 1.82) is 0 Å². The zero-order valence-corrected chi connectivity index (χ0v) is 18.7. The van der Waals surface area contributed by atoms with E-state index >= 15 is 0 Å². The number of carbonyl (C=O) groups excluding carboxylic acids is 1. The van der Waals surface area contributed by atoms with Crippen LogP contribution in [0.4, 0.5) is 5.13 Å². The SMILES string of the molecule is CCOC(=O)Cc1csc(NN=Cc2cc(Br)c(OCC(C)C)c(OC)c2)n1. The van der Waals surface area contributed by atoms with Gasteiger partial charge < -0.3 is 14.2 Å². The van der Waals surface area contributed by atoms with Gasteiger partial charge in [-0.15, -0.1) is 11.3 Å². The lowest BCUT2D eigenvalue weighted by Crippen LogP contribution is -2.07. The van der Waals surface area contributed by atoms with E-state index in [-0.39, 0.29) is 12.4 Å². The summed E-state index contributed by atoms with van der Waals surface area (Å²) in [6.45, 7) is 6.91. The van der Waals surface area contributed by atoms with E-state index in [1.54, 1.807) is 25.6 Å². The molecule has 0 atom stereocenters. The first-order chi connectivity index (χ1) is 13.4. The first-order valence-electron chi connectivity index (χ1n) is 8.82. The lowest BCUT2D eigenvalue weighted by Gasteiger charge is -2.14. The number of hydrazone groups is 1. The first-order valence-corrected chi connectivity index (χ1v) is 10.5. The number of anilines is 1. The second-order valence-electron chi connectivity index (χ2n) is 6.23. The van der Waals surface area contributed by atoms with Crippen molar-refractivity contribution in [2.24, 2.45) is 11.0 Å². The van der Waals surface area contributed by atoms with Gasteiger partial charge in [-0.25, -0.2) is 4.98 Å². The van der Waals surface area contributed by atoms with Gasteiger partial charge in [0.2, 0.25) is 5.13 Å². The van der Waals surface area contributed by atoms with Gasteiger partial charge in [-0.2, -0.15) is 5.10 Å². The normalized spacial score (nSPS) is 11.1. The van der Waals surface area contributed by atoms with E-state index in [4.69, 9.17) is 14.2 Å². The molecule has 0 spiro atoms. The summed E-state index contributed by atoms with van der Waals surface area (Å²) in [6, 6.07) is 3.75. The van der Waals surface area contributed by atoms with Gasteiger partial charge in [-0.3, -0.25) is 10.2 Å². The van der Waals surface area contributed by atoms with Crippen LogP contribution in [0.15, 0.2) is 27.1 Å². The molecule has 0 saturated heterocycles. The summed E-state index contributed by atoms with van der Waals surface area (Å²) in [5.74, 6) is 1.42. The monoisotopic (exact) mass is 469 g/mol. The number of benzene rings is 1. The summed E-state index contributed by atoms with van der Waals surface area (Å²) < 4.78 is 17.0. The van der Waals surface area contributed by atoms with Crippen LogP contribution < -0.4 is 14.9 Å². The van der Waals surface area contributed by atoms with Gasteiger partial charge >= 0.3 is 5.97 Å². The van der Waals surface area contributed by atoms with Crippen molar-refractivity contribution in [1.82, 2.24) is 4.98 Å². The molecule has 152 valence electrons. The number of ether oxygens (including phenoxy) is 3. The maximum absolute atomic E-state index is 11.5. The molecule has 9 heteroatoms. The number of hydrogen-bond donors (Lipinski definition) is 1. The summed E-state index contributed by atoms with van der Waals surface area (Å²) in [5.41, 5.74) is 4.35. The molecule has 1 heterocycles. The lowest BCUT2D eigenvalue weighted by molar-refractivity contribution is -0.142. The van der Waals surface area contributed by atoms with Crippen LogP contribution >= 0.6 is 27.3 Å². The molecular formula is C19H24BrN3O4S. The summed E-state index contributed by atoms with van der Waals surface area (Å²) in [6.07, 6.45) is 1.81. The zero-order valence-electron chi connectivity index (χ0n) is 16.3. The van der Waals surface area contributed by atoms with Crippen LogP contribution in [0.3, 0.4) is 0 Å². The largest absolute Gasteiger partial charge is 0.493 e. The molecular weight excluding hydrogens is 446 g/mol. The Morgan fingerprint density at radius 1 is 1.43 bits per heavy atom. The van der Waals surface area contributed by atoms with Crippen molar-refractivity contribution in [3.8, 4) is 11.5 Å². The molecule has 0 saturated carbocycles. The average molecular weight is 470 g/mol. The molecule has 2 rings (SSSR count). The van der Waals surface area contributed by atoms with E-state index in [9.17, 15) is 4.79 Å². The quantitative estimate of drug-likeness (QED) is 0.313. The van der Waals surface area contributed by atoms with E-state index in [1.165, 1.54) is 11.3 Å². The molecule has 0 aliphatic rings. The van der Waals surface area contributed by atoms with Gasteiger partial charge in [0, 0.05) is 5.38 Å². The lowest BCUT2D eigenvalue weighted by atomic mass is 10.2. The summed E-state index contributed by atoms with van der Waals surface area (Å²) in [4.78, 5) is 15.8. The van der Waals surface area contributed by atoms with Crippen molar-refractivity contribution in [2.75, 3.05) is 25.7 Å². The summed E-state index contributed by atoms with van der Waals surface area (Å²) in [7, 11) is 1.60. The predicted octanol–water partition coefficient (Wildman–Crippen LogP) is 4.50. The fourth-order valence-corrected chi connectivity index (χ4v) is 3.40. The summed E-state index contributed by atoms with van der Waals surface area (Å²) >= 11 is 4.89. The van der Waals surface area contributed by atoms with Crippen LogP contribution in [0.25, 0.3) is 0 Å². The van der Waals surface area contributed by atoms with E-state index in [1.807, 2.05) is 12.1 Å². The fourth-order valence-electron chi connectivity index (χ4n) is 2.17. The molecule has 0 radical (unpaired) electrons. The number of hydrogen-bond acceptors (Lipinski definition) is 8. The van der Waals surface area contributed by atoms with Gasteiger partial charge in [0.25, 0.3) is 0 Å². The van der Waals surface area contributed by atoms with Gasteiger partial charge in [-0.1, -0.05) is 13.8 Å². The summed E-state index contributed by atoms with van der Waals surface area (Å²) in [5, 5.41) is 6.60. The number of nitrogens with zero attached hydrogens (tertiary/aromatic N) is 2. The highest BCUT2D eigenvalue weighted by molar-refractivity contribution is 9.10. The minimum Gasteiger partial charge on any atom is -0.493 e. The molecule has 1 N–H and O–H groups in total. The molecule has 0 bridgehead atoms. The first kappa shape index (κ1) is 22.2. The Morgan fingerprint density at radius 2 is 2.21 bits per heavy atom. The number of halogens is 1. The predicted molar refractivity (Wildman–Crippen MR) is 115 cm³/mol. The van der Waals surface area contributed by atoms with E-state index < -0.39 is 0 Å². The number of thiazole rings is 1. The van der Waals surface area contributed by atoms with Crippen molar-refractivity contribution in [2.45, 2.75) is 27.2 Å². The number of aromatic nitrogens is 1. The van der Waals surface area contributed by atoms with E-state index in [2.05, 4.69) is 45.3 Å². The molecule has 1 aromatic heterocycles. The molecule has 0 fully saturated rings. The molecule has 1 aromatic carbocycles. The van der Waals surface area contributed by atoms with Crippen LogP contribution in [0.5, 0.6) is 11.5 Å². The zero-order chi connectivity index (χ0) is 20.5. The van der Waals surface area contributed by atoms with Crippen molar-refractivity contribution < 1.29 is 19.0 Å². The third-order valence-corrected chi connectivity index (χ3v) is 4.75. The number of carbonyl (C=O) groups is 1. The Hall–Kier alpha value is -2.13. The second kappa shape index (κ2) is 11.0. The second-order valence-corrected chi connectivity index (χ2v) is 7.95. The number of nitrogens with one attached hydrogen (secondary N) is 1. The van der Waals surface area contributed by atoms with Gasteiger partial charge in [-0.05, 0) is 46.5 Å². The standard InChI is InChI=1S/C19H24BrN3O4S/c1-5-26-17(24)8-14-11-28-19(22-14)23-21-9-13-6-15(20)18(16(7-13)25-4)27-10-12(2)3/h6-7,9,11-12H,5,8,10H2,1-4H3,(H,22,23). The molecule has 0 aliphatic carbocycles. The van der Waals surface area contributed by atoms with Gasteiger partial charge in [0.15, 0.2) is 11.5 Å². The minimum absolute atomic E-state index is 0.151. The Kier molecular flexibility index (Phi) is 8.72. The van der Waals surface area contributed by atoms with Gasteiger partial charge in [0.05, 0.1) is 43.1 Å². The highest BCUT2D eigenvalue weighted by Gasteiger charge is 2.12. The highest BCUT2D eigenvalue weighted by atomic mass is 79.9. The fraction of sp³-hybridized carbons (Fsp3) is 0.421. The van der Waals surface area contributed by atoms with Crippen molar-refractivity contribution in [3.05, 3.63) is 33.2 Å². The maximum Gasteiger partial charge on any atom is 0.311 e.